The molecule has 0 aromatic heterocycles. The highest BCUT2D eigenvalue weighted by atomic mass is 19.4. The first-order valence-corrected chi connectivity index (χ1v) is 9.33. The van der Waals surface area contributed by atoms with Gasteiger partial charge in [-0.25, -0.2) is 4.79 Å². The monoisotopic (exact) mass is 404 g/mol. The maximum absolute atomic E-state index is 12.9. The Hall–Kier alpha value is -3.03. The Morgan fingerprint density at radius 1 is 1.00 bits per heavy atom. The molecule has 0 N–H and O–H groups in total. The van der Waals surface area contributed by atoms with Crippen molar-refractivity contribution in [3.63, 3.8) is 0 Å². The van der Waals surface area contributed by atoms with Crippen molar-refractivity contribution in [1.29, 1.82) is 0 Å². The fraction of sp³-hybridized carbons (Fsp3) is 0.333. The van der Waals surface area contributed by atoms with Crippen molar-refractivity contribution in [2.45, 2.75) is 18.7 Å². The van der Waals surface area contributed by atoms with Gasteiger partial charge in [0.05, 0.1) is 11.1 Å². The third kappa shape index (κ3) is 3.92. The van der Waals surface area contributed by atoms with E-state index in [1.54, 1.807) is 23.1 Å². The Balaban J connectivity index is 1.40. The smallest absolute Gasteiger partial charge is 0.416 e. The van der Waals surface area contributed by atoms with Crippen molar-refractivity contribution in [2.24, 2.45) is 0 Å². The van der Waals surface area contributed by atoms with E-state index in [9.17, 15) is 22.8 Å². The molecule has 0 spiro atoms. The first-order chi connectivity index (χ1) is 13.8. The third-order valence-corrected chi connectivity index (χ3v) is 5.30. The van der Waals surface area contributed by atoms with Crippen molar-refractivity contribution in [2.75, 3.05) is 31.1 Å². The van der Waals surface area contributed by atoms with Gasteiger partial charge >= 0.3 is 12.1 Å². The number of fused-ring (bicyclic) bond motifs is 1. The summed E-state index contributed by atoms with van der Waals surface area (Å²) in [6.07, 6.45) is -4.93. The largest absolute Gasteiger partial charge is 0.448 e. The highest BCUT2D eigenvalue weighted by Gasteiger charge is 2.35. The van der Waals surface area contributed by atoms with E-state index in [1.165, 1.54) is 6.07 Å². The van der Waals surface area contributed by atoms with Gasteiger partial charge in [-0.3, -0.25) is 4.79 Å². The van der Waals surface area contributed by atoms with Gasteiger partial charge < -0.3 is 14.5 Å². The molecule has 2 aliphatic rings. The molecule has 0 unspecified atom stereocenters. The number of amides is 1. The van der Waals surface area contributed by atoms with Crippen LogP contribution >= 0.6 is 0 Å². The average molecular weight is 404 g/mol. The molecule has 8 heteroatoms. The molecule has 0 aliphatic carbocycles. The van der Waals surface area contributed by atoms with E-state index < -0.39 is 23.8 Å². The van der Waals surface area contributed by atoms with E-state index in [0.717, 1.165) is 17.7 Å². The number of esters is 1. The fourth-order valence-electron chi connectivity index (χ4n) is 3.74. The zero-order valence-electron chi connectivity index (χ0n) is 15.5. The molecular formula is C21H19F3N2O3. The van der Waals surface area contributed by atoms with E-state index in [0.29, 0.717) is 43.9 Å². The van der Waals surface area contributed by atoms with Crippen LogP contribution in [0, 0.1) is 0 Å². The van der Waals surface area contributed by atoms with Gasteiger partial charge in [0, 0.05) is 38.3 Å². The van der Waals surface area contributed by atoms with Crippen molar-refractivity contribution >= 4 is 17.6 Å². The lowest BCUT2D eigenvalue weighted by Crippen LogP contribution is -2.53. The molecule has 1 amide bonds. The second-order valence-corrected chi connectivity index (χ2v) is 7.12. The summed E-state index contributed by atoms with van der Waals surface area (Å²) in [5.74, 6) is -0.774. The quantitative estimate of drug-likeness (QED) is 0.722. The Kier molecular flexibility index (Phi) is 4.94. The number of alkyl halides is 3. The predicted molar refractivity (Wildman–Crippen MR) is 99.6 cm³/mol. The number of ether oxygens (including phenoxy) is 1. The van der Waals surface area contributed by atoms with E-state index in [2.05, 4.69) is 0 Å². The molecule has 1 fully saturated rings. The van der Waals surface area contributed by atoms with Crippen LogP contribution in [0.5, 0.6) is 0 Å². The summed E-state index contributed by atoms with van der Waals surface area (Å²) in [7, 11) is 0. The van der Waals surface area contributed by atoms with Crippen LogP contribution in [0.1, 0.15) is 21.5 Å². The number of carbonyl (C=O) groups is 2. The minimum atomic E-state index is -4.39. The lowest BCUT2D eigenvalue weighted by Gasteiger charge is -2.38. The van der Waals surface area contributed by atoms with Crippen LogP contribution in [-0.2, 0) is 22.1 Å². The zero-order chi connectivity index (χ0) is 20.6. The molecule has 2 heterocycles. The summed E-state index contributed by atoms with van der Waals surface area (Å²) in [6, 6.07) is 12.2. The summed E-state index contributed by atoms with van der Waals surface area (Å²) in [6.45, 7) is 1.52. The summed E-state index contributed by atoms with van der Waals surface area (Å²) in [5, 5.41) is 0. The minimum Gasteiger partial charge on any atom is -0.448 e. The SMILES string of the molecule is O=C1O[C@H](C(=O)N2CCN(c3cccc(C(F)(F)F)c3)CC2)Cc2ccccc21. The van der Waals surface area contributed by atoms with Crippen LogP contribution in [0.4, 0.5) is 18.9 Å². The molecule has 2 aromatic rings. The van der Waals surface area contributed by atoms with Crippen molar-refractivity contribution < 1.29 is 27.5 Å². The zero-order valence-corrected chi connectivity index (χ0v) is 15.5. The van der Waals surface area contributed by atoms with E-state index >= 15 is 0 Å². The number of piperazine rings is 1. The fourth-order valence-corrected chi connectivity index (χ4v) is 3.74. The molecule has 1 saturated heterocycles. The molecule has 1 atom stereocenters. The molecule has 0 saturated carbocycles. The second-order valence-electron chi connectivity index (χ2n) is 7.12. The maximum atomic E-state index is 12.9. The Labute approximate surface area is 165 Å². The topological polar surface area (TPSA) is 49.9 Å². The average Bonchev–Trinajstić information content (AvgIpc) is 2.73. The molecule has 29 heavy (non-hydrogen) atoms. The first-order valence-electron chi connectivity index (χ1n) is 9.33. The Morgan fingerprint density at radius 2 is 1.72 bits per heavy atom. The van der Waals surface area contributed by atoms with Crippen molar-refractivity contribution in [3.8, 4) is 0 Å². The number of anilines is 1. The number of halogens is 3. The lowest BCUT2D eigenvalue weighted by molar-refractivity contribution is -0.141. The number of carbonyl (C=O) groups excluding carboxylic acids is 2. The summed E-state index contributed by atoms with van der Waals surface area (Å²) in [4.78, 5) is 28.4. The molecule has 0 bridgehead atoms. The molecule has 2 aromatic carbocycles. The van der Waals surface area contributed by atoms with E-state index in [-0.39, 0.29) is 5.91 Å². The molecule has 5 nitrogen and oxygen atoms in total. The Bertz CT molecular complexity index is 937. The standard InChI is InChI=1S/C21H19F3N2O3/c22-21(23,24)15-5-3-6-16(13-15)25-8-10-26(11-9-25)19(27)18-12-14-4-1-2-7-17(14)20(28)29-18/h1-7,13,18H,8-12H2/t18-/m0/s1. The number of rotatable bonds is 2. The number of hydrogen-bond donors (Lipinski definition) is 0. The van der Waals surface area contributed by atoms with Crippen molar-refractivity contribution in [1.82, 2.24) is 4.90 Å². The van der Waals surface area contributed by atoms with Crippen LogP contribution in [0.15, 0.2) is 48.5 Å². The van der Waals surface area contributed by atoms with Crippen LogP contribution < -0.4 is 4.90 Å². The van der Waals surface area contributed by atoms with Crippen molar-refractivity contribution in [3.05, 3.63) is 65.2 Å². The van der Waals surface area contributed by atoms with Crippen LogP contribution in [0.2, 0.25) is 0 Å². The second kappa shape index (κ2) is 7.42. The van der Waals surface area contributed by atoms with Gasteiger partial charge in [0.2, 0.25) is 0 Å². The molecule has 2 aliphatic heterocycles. The van der Waals surface area contributed by atoms with Gasteiger partial charge in [0.15, 0.2) is 6.10 Å². The summed E-state index contributed by atoms with van der Waals surface area (Å²) in [5.41, 5.74) is 1.04. The van der Waals surface area contributed by atoms with Gasteiger partial charge in [0.1, 0.15) is 0 Å². The van der Waals surface area contributed by atoms with Crippen LogP contribution in [0.3, 0.4) is 0 Å². The van der Waals surface area contributed by atoms with Crippen LogP contribution in [0.25, 0.3) is 0 Å². The van der Waals surface area contributed by atoms with Crippen LogP contribution in [-0.4, -0.2) is 49.1 Å². The first kappa shape index (κ1) is 19.3. The predicted octanol–water partition coefficient (Wildman–Crippen LogP) is 3.14. The summed E-state index contributed by atoms with van der Waals surface area (Å²) >= 11 is 0. The van der Waals surface area contributed by atoms with Gasteiger partial charge in [-0.05, 0) is 29.8 Å². The normalized spacial score (nSPS) is 19.6. The number of nitrogens with zero attached hydrogens (tertiary/aromatic N) is 2. The highest BCUT2D eigenvalue weighted by Crippen LogP contribution is 2.32. The molecular weight excluding hydrogens is 385 g/mol. The maximum Gasteiger partial charge on any atom is 0.416 e. The van der Waals surface area contributed by atoms with Gasteiger partial charge in [-0.2, -0.15) is 13.2 Å². The van der Waals surface area contributed by atoms with Gasteiger partial charge in [-0.15, -0.1) is 0 Å². The number of benzene rings is 2. The van der Waals surface area contributed by atoms with E-state index in [1.807, 2.05) is 17.0 Å². The lowest BCUT2D eigenvalue weighted by atomic mass is 9.98. The van der Waals surface area contributed by atoms with Gasteiger partial charge in [-0.1, -0.05) is 24.3 Å². The van der Waals surface area contributed by atoms with Gasteiger partial charge in [0.25, 0.3) is 5.91 Å². The number of hydrogen-bond acceptors (Lipinski definition) is 4. The highest BCUT2D eigenvalue weighted by molar-refractivity contribution is 5.95. The third-order valence-electron chi connectivity index (χ3n) is 5.30. The van der Waals surface area contributed by atoms with E-state index in [4.69, 9.17) is 4.74 Å². The Morgan fingerprint density at radius 3 is 2.45 bits per heavy atom. The molecule has 152 valence electrons. The summed E-state index contributed by atoms with van der Waals surface area (Å²) < 4.78 is 44.1. The molecule has 0 radical (unpaired) electrons. The molecule has 4 rings (SSSR count). The minimum absolute atomic E-state index is 0.267. The number of cyclic esters (lactones) is 1.